The Morgan fingerprint density at radius 3 is 2.72 bits per heavy atom. The Morgan fingerprint density at radius 1 is 1.24 bits per heavy atom. The van der Waals surface area contributed by atoms with Gasteiger partial charge in [-0.05, 0) is 48.2 Å². The van der Waals surface area contributed by atoms with Crippen molar-refractivity contribution < 1.29 is 14.6 Å². The molecule has 29 heavy (non-hydrogen) atoms. The Kier molecular flexibility index (Phi) is 5.31. The number of aromatic amines is 1. The molecule has 7 nitrogen and oxygen atoms in total. The van der Waals surface area contributed by atoms with Gasteiger partial charge < -0.3 is 14.7 Å². The minimum Gasteiger partial charge on any atom is -0.487 e. The van der Waals surface area contributed by atoms with E-state index >= 15 is 0 Å². The zero-order valence-corrected chi connectivity index (χ0v) is 16.3. The molecule has 2 N–H and O–H groups in total. The number of piperidine rings is 1. The Labute approximate surface area is 169 Å². The van der Waals surface area contributed by atoms with Gasteiger partial charge in [-0.2, -0.15) is 5.10 Å². The summed E-state index contributed by atoms with van der Waals surface area (Å²) in [5, 5.41) is 17.9. The molecular weight excluding hydrogens is 368 g/mol. The lowest BCUT2D eigenvalue weighted by molar-refractivity contribution is -0.133. The summed E-state index contributed by atoms with van der Waals surface area (Å²) in [6.45, 7) is 3.09. The van der Waals surface area contributed by atoms with Crippen molar-refractivity contribution in [3.8, 4) is 17.1 Å². The molecule has 1 aromatic carbocycles. The Hall–Kier alpha value is -3.19. The normalized spacial score (nSPS) is 15.9. The largest absolute Gasteiger partial charge is 0.487 e. The van der Waals surface area contributed by atoms with E-state index in [-0.39, 0.29) is 5.91 Å². The van der Waals surface area contributed by atoms with Crippen molar-refractivity contribution in [2.24, 2.45) is 0 Å². The minimum atomic E-state index is -0.907. The molecule has 1 saturated heterocycles. The average molecular weight is 392 g/mol. The lowest BCUT2D eigenvalue weighted by Gasteiger charge is -2.38. The number of likely N-dealkylation sites (tertiary alicyclic amines) is 1. The molecule has 1 amide bonds. The van der Waals surface area contributed by atoms with Crippen LogP contribution in [-0.2, 0) is 17.0 Å². The number of nitrogens with one attached hydrogen (secondary N) is 1. The maximum absolute atomic E-state index is 11.5. The van der Waals surface area contributed by atoms with Crippen LogP contribution in [0.15, 0.2) is 54.9 Å². The van der Waals surface area contributed by atoms with Gasteiger partial charge in [-0.15, -0.1) is 0 Å². The minimum absolute atomic E-state index is 0.0568. The maximum Gasteiger partial charge on any atom is 0.219 e. The zero-order chi connectivity index (χ0) is 20.3. The van der Waals surface area contributed by atoms with E-state index in [0.29, 0.717) is 38.3 Å². The van der Waals surface area contributed by atoms with Crippen LogP contribution in [0, 0.1) is 0 Å². The maximum atomic E-state index is 11.5. The van der Waals surface area contributed by atoms with Crippen LogP contribution in [0.5, 0.6) is 5.75 Å². The first-order valence-corrected chi connectivity index (χ1v) is 9.69. The number of hydrogen-bond donors (Lipinski definition) is 2. The third-order valence-electron chi connectivity index (χ3n) is 5.42. The monoisotopic (exact) mass is 392 g/mol. The molecular formula is C22H24N4O3. The summed E-state index contributed by atoms with van der Waals surface area (Å²) in [5.74, 6) is 0.730. The van der Waals surface area contributed by atoms with Gasteiger partial charge >= 0.3 is 0 Å². The number of hydrogen-bond acceptors (Lipinski definition) is 5. The van der Waals surface area contributed by atoms with Gasteiger partial charge in [0.25, 0.3) is 0 Å². The van der Waals surface area contributed by atoms with E-state index in [4.69, 9.17) is 4.74 Å². The quantitative estimate of drug-likeness (QED) is 0.697. The van der Waals surface area contributed by atoms with Gasteiger partial charge in [0, 0.05) is 26.2 Å². The molecule has 1 aliphatic rings. The number of amides is 1. The zero-order valence-electron chi connectivity index (χ0n) is 16.3. The third-order valence-corrected chi connectivity index (χ3v) is 5.42. The van der Waals surface area contributed by atoms with Crippen molar-refractivity contribution in [1.29, 1.82) is 0 Å². The number of ether oxygens (including phenoxy) is 1. The molecule has 2 aromatic heterocycles. The molecule has 0 bridgehead atoms. The number of H-pyrrole nitrogens is 1. The van der Waals surface area contributed by atoms with Crippen molar-refractivity contribution in [2.75, 3.05) is 13.1 Å². The highest BCUT2D eigenvalue weighted by molar-refractivity contribution is 5.73. The van der Waals surface area contributed by atoms with Crippen LogP contribution in [0.3, 0.4) is 0 Å². The summed E-state index contributed by atoms with van der Waals surface area (Å²) in [5.41, 5.74) is 2.59. The van der Waals surface area contributed by atoms with Crippen LogP contribution in [-0.4, -0.2) is 44.2 Å². The second-order valence-corrected chi connectivity index (χ2v) is 7.38. The van der Waals surface area contributed by atoms with E-state index in [1.807, 2.05) is 42.5 Å². The highest BCUT2D eigenvalue weighted by atomic mass is 16.5. The van der Waals surface area contributed by atoms with E-state index in [9.17, 15) is 9.90 Å². The second kappa shape index (κ2) is 8.05. The second-order valence-electron chi connectivity index (χ2n) is 7.38. The number of aliphatic hydroxyl groups is 1. The summed E-state index contributed by atoms with van der Waals surface area (Å²) >= 11 is 0. The molecule has 0 radical (unpaired) electrons. The van der Waals surface area contributed by atoms with Crippen LogP contribution in [0.1, 0.15) is 30.9 Å². The van der Waals surface area contributed by atoms with Crippen molar-refractivity contribution in [2.45, 2.75) is 32.0 Å². The molecule has 7 heteroatoms. The fourth-order valence-corrected chi connectivity index (χ4v) is 3.62. The molecule has 0 unspecified atom stereocenters. The van der Waals surface area contributed by atoms with E-state index in [0.717, 1.165) is 22.5 Å². The highest BCUT2D eigenvalue weighted by Crippen LogP contribution is 2.33. The van der Waals surface area contributed by atoms with Gasteiger partial charge in [0.2, 0.25) is 5.91 Å². The average Bonchev–Trinajstić information content (AvgIpc) is 3.28. The number of benzene rings is 1. The van der Waals surface area contributed by atoms with Gasteiger partial charge in [-0.25, -0.2) is 0 Å². The summed E-state index contributed by atoms with van der Waals surface area (Å²) in [4.78, 5) is 17.7. The molecule has 0 atom stereocenters. The Bertz CT molecular complexity index is 962. The van der Waals surface area contributed by atoms with Gasteiger partial charge in [0.05, 0.1) is 23.2 Å². The predicted octanol–water partition coefficient (Wildman–Crippen LogP) is 2.88. The van der Waals surface area contributed by atoms with E-state index < -0.39 is 5.60 Å². The molecule has 1 fully saturated rings. The lowest BCUT2D eigenvalue weighted by atomic mass is 9.84. The first-order valence-electron chi connectivity index (χ1n) is 9.69. The Balaban J connectivity index is 1.40. The van der Waals surface area contributed by atoms with Gasteiger partial charge in [0.1, 0.15) is 12.4 Å². The van der Waals surface area contributed by atoms with Crippen molar-refractivity contribution in [3.05, 3.63) is 66.0 Å². The van der Waals surface area contributed by atoms with Crippen molar-refractivity contribution in [1.82, 2.24) is 20.1 Å². The third kappa shape index (κ3) is 4.30. The van der Waals surface area contributed by atoms with Gasteiger partial charge in [-0.3, -0.25) is 14.9 Å². The van der Waals surface area contributed by atoms with Crippen LogP contribution < -0.4 is 4.74 Å². The summed E-state index contributed by atoms with van der Waals surface area (Å²) in [7, 11) is 0. The Morgan fingerprint density at radius 2 is 2.07 bits per heavy atom. The highest BCUT2D eigenvalue weighted by Gasteiger charge is 2.34. The molecule has 0 saturated carbocycles. The number of aromatic nitrogens is 3. The van der Waals surface area contributed by atoms with Crippen LogP contribution in [0.2, 0.25) is 0 Å². The van der Waals surface area contributed by atoms with Gasteiger partial charge in [0.15, 0.2) is 0 Å². The first-order chi connectivity index (χ1) is 14.0. The number of nitrogens with zero attached hydrogens (tertiary/aromatic N) is 3. The predicted molar refractivity (Wildman–Crippen MR) is 108 cm³/mol. The van der Waals surface area contributed by atoms with Crippen LogP contribution in [0.25, 0.3) is 11.4 Å². The smallest absolute Gasteiger partial charge is 0.219 e. The summed E-state index contributed by atoms with van der Waals surface area (Å²) < 4.78 is 5.87. The first kappa shape index (κ1) is 19.1. The molecule has 0 aliphatic carbocycles. The molecule has 1 aliphatic heterocycles. The molecule has 3 aromatic rings. The van der Waals surface area contributed by atoms with E-state index in [1.165, 1.54) is 0 Å². The van der Waals surface area contributed by atoms with Crippen molar-refractivity contribution >= 4 is 5.91 Å². The number of carbonyl (C=O) groups excluding carboxylic acids is 1. The van der Waals surface area contributed by atoms with Gasteiger partial charge in [-0.1, -0.05) is 18.2 Å². The number of carbonyl (C=O) groups is 1. The van der Waals surface area contributed by atoms with Crippen LogP contribution in [0.4, 0.5) is 0 Å². The molecule has 0 spiro atoms. The SMILES string of the molecule is CC(=O)N1CCC(O)(c2cccc(COc3ccc(-c4ccn[nH]4)nc3)c2)CC1. The van der Waals surface area contributed by atoms with Crippen LogP contribution >= 0.6 is 0 Å². The molecule has 3 heterocycles. The number of rotatable bonds is 5. The fourth-order valence-electron chi connectivity index (χ4n) is 3.62. The topological polar surface area (TPSA) is 91.3 Å². The van der Waals surface area contributed by atoms with Crippen molar-refractivity contribution in [3.63, 3.8) is 0 Å². The molecule has 150 valence electrons. The molecule has 4 rings (SSSR count). The summed E-state index contributed by atoms with van der Waals surface area (Å²) in [6, 6.07) is 13.4. The lowest BCUT2D eigenvalue weighted by Crippen LogP contribution is -2.44. The fraction of sp³-hybridized carbons (Fsp3) is 0.318. The summed E-state index contributed by atoms with van der Waals surface area (Å²) in [6.07, 6.45) is 4.45. The number of pyridine rings is 1. The standard InChI is InChI=1S/C22H24N4O3/c1-16(27)26-11-8-22(28,9-12-26)18-4-2-3-17(13-18)15-29-19-5-6-20(23-14-19)21-7-10-24-25-21/h2-7,10,13-14,28H,8-9,11-12,15H2,1H3,(H,24,25). The van der Waals surface area contributed by atoms with E-state index in [1.54, 1.807) is 24.2 Å². The van der Waals surface area contributed by atoms with E-state index in [2.05, 4.69) is 15.2 Å².